The quantitative estimate of drug-likeness (QED) is 0.104. The van der Waals surface area contributed by atoms with E-state index in [9.17, 15) is 19.2 Å². The first-order chi connectivity index (χ1) is 18.0. The molecule has 1 atom stereocenters. The molecule has 2 heterocycles. The van der Waals surface area contributed by atoms with Crippen molar-refractivity contribution >= 4 is 93.1 Å². The molecule has 0 aliphatic carbocycles. The van der Waals surface area contributed by atoms with Crippen molar-refractivity contribution in [2.45, 2.75) is 13.3 Å². The zero-order valence-electron chi connectivity index (χ0n) is 19.4. The average Bonchev–Trinajstić information content (AvgIpc) is 3.39. The summed E-state index contributed by atoms with van der Waals surface area (Å²) in [4.78, 5) is 54.1. The van der Waals surface area contributed by atoms with Crippen molar-refractivity contribution in [3.05, 3.63) is 84.3 Å². The lowest BCUT2D eigenvalue weighted by Crippen LogP contribution is -2.30. The number of hydrogen-bond donors (Lipinski definition) is 0. The van der Waals surface area contributed by atoms with Crippen LogP contribution in [0.2, 0.25) is 25.1 Å². The molecule has 0 unspecified atom stereocenters. The maximum Gasteiger partial charge on any atom is 0.316 e. The topological polar surface area (TPSA) is 84.0 Å². The van der Waals surface area contributed by atoms with Gasteiger partial charge in [0.2, 0.25) is 5.91 Å². The molecule has 5 rings (SSSR count). The van der Waals surface area contributed by atoms with Gasteiger partial charge in [0.1, 0.15) is 5.75 Å². The summed E-state index contributed by atoms with van der Waals surface area (Å²) in [6.07, 6.45) is 0.000202. The Morgan fingerprint density at radius 1 is 0.842 bits per heavy atom. The summed E-state index contributed by atoms with van der Waals surface area (Å²) < 4.78 is 5.53. The number of ether oxygens (including phenoxy) is 1. The third-order valence-electron chi connectivity index (χ3n) is 6.33. The Morgan fingerprint density at radius 3 is 1.97 bits per heavy atom. The maximum atomic E-state index is 13.2. The summed E-state index contributed by atoms with van der Waals surface area (Å²) in [5.41, 5.74) is 1.06. The van der Waals surface area contributed by atoms with Gasteiger partial charge in [0, 0.05) is 23.7 Å². The van der Waals surface area contributed by atoms with Gasteiger partial charge in [-0.05, 0) is 55.0 Å². The Kier molecular flexibility index (Phi) is 7.09. The van der Waals surface area contributed by atoms with Crippen molar-refractivity contribution in [3.63, 3.8) is 0 Å². The summed E-state index contributed by atoms with van der Waals surface area (Å²) in [5, 5.41) is -0.0499. The number of imide groups is 1. The van der Waals surface area contributed by atoms with E-state index in [1.807, 2.05) is 0 Å². The van der Waals surface area contributed by atoms with E-state index in [1.165, 1.54) is 23.1 Å². The summed E-state index contributed by atoms with van der Waals surface area (Å²) in [7, 11) is 0. The van der Waals surface area contributed by atoms with E-state index in [2.05, 4.69) is 0 Å². The van der Waals surface area contributed by atoms with Crippen LogP contribution in [0, 0.1) is 12.8 Å². The second-order valence-corrected chi connectivity index (χ2v) is 10.7. The molecule has 12 heteroatoms. The van der Waals surface area contributed by atoms with Crippen molar-refractivity contribution in [3.8, 4) is 5.75 Å². The third-order valence-corrected chi connectivity index (χ3v) is 8.38. The van der Waals surface area contributed by atoms with Crippen molar-refractivity contribution in [2.24, 2.45) is 5.92 Å². The number of esters is 1. The highest BCUT2D eigenvalue weighted by atomic mass is 35.5. The Morgan fingerprint density at radius 2 is 1.42 bits per heavy atom. The fourth-order valence-electron chi connectivity index (χ4n) is 4.45. The Hall–Kier alpha value is -2.81. The Labute approximate surface area is 241 Å². The predicted octanol–water partition coefficient (Wildman–Crippen LogP) is 7.02. The van der Waals surface area contributed by atoms with Crippen LogP contribution in [-0.2, 0) is 9.59 Å². The maximum absolute atomic E-state index is 13.2. The van der Waals surface area contributed by atoms with Gasteiger partial charge in [0.05, 0.1) is 42.8 Å². The number of nitrogens with zero attached hydrogens (tertiary/aromatic N) is 2. The van der Waals surface area contributed by atoms with Gasteiger partial charge in [-0.25, -0.2) is 4.90 Å². The molecule has 0 saturated carbocycles. The van der Waals surface area contributed by atoms with E-state index < -0.39 is 23.7 Å². The van der Waals surface area contributed by atoms with E-state index in [0.717, 1.165) is 4.90 Å². The van der Waals surface area contributed by atoms with Crippen molar-refractivity contribution in [1.82, 2.24) is 0 Å². The minimum absolute atomic E-state index is 0.000202. The highest BCUT2D eigenvalue weighted by molar-refractivity contribution is 6.56. The van der Waals surface area contributed by atoms with Gasteiger partial charge >= 0.3 is 5.97 Å². The van der Waals surface area contributed by atoms with E-state index in [0.29, 0.717) is 16.3 Å². The molecule has 7 nitrogen and oxygen atoms in total. The lowest BCUT2D eigenvalue weighted by molar-refractivity contribution is -0.139. The number of fused-ring (bicyclic) bond motifs is 1. The molecule has 1 saturated heterocycles. The number of carbonyl (C=O) groups is 4. The highest BCUT2D eigenvalue weighted by Gasteiger charge is 2.43. The second-order valence-electron chi connectivity index (χ2n) is 8.70. The van der Waals surface area contributed by atoms with Gasteiger partial charge in [-0.1, -0.05) is 58.0 Å². The molecule has 0 spiro atoms. The molecule has 3 aromatic rings. The minimum Gasteiger partial charge on any atom is -0.426 e. The lowest BCUT2D eigenvalue weighted by Gasteiger charge is -2.18. The molecule has 1 fully saturated rings. The zero-order chi connectivity index (χ0) is 27.5. The van der Waals surface area contributed by atoms with E-state index >= 15 is 0 Å². The first-order valence-electron chi connectivity index (χ1n) is 11.1. The SMILES string of the molecule is Cc1cc(OC(=O)[C@H]2CC(=O)N(c3ccc(Cl)cc3)C2)ccc1N1C(=O)c2c(Cl)c(Cl)c(Cl)c(Cl)c2C1=O. The summed E-state index contributed by atoms with van der Waals surface area (Å²) >= 11 is 30.5. The zero-order valence-corrected chi connectivity index (χ0v) is 23.1. The molecule has 0 radical (unpaired) electrons. The Bertz CT molecular complexity index is 1510. The predicted molar refractivity (Wildman–Crippen MR) is 146 cm³/mol. The normalized spacial score (nSPS) is 16.9. The number of carbonyl (C=O) groups excluding carboxylic acids is 4. The molecular weight excluding hydrogens is 598 g/mol. The van der Waals surface area contributed by atoms with Crippen LogP contribution >= 0.6 is 58.0 Å². The van der Waals surface area contributed by atoms with Crippen LogP contribution < -0.4 is 14.5 Å². The van der Waals surface area contributed by atoms with Crippen molar-refractivity contribution in [1.29, 1.82) is 0 Å². The van der Waals surface area contributed by atoms with Crippen LogP contribution in [0.25, 0.3) is 0 Å². The highest BCUT2D eigenvalue weighted by Crippen LogP contribution is 2.46. The van der Waals surface area contributed by atoms with E-state index in [4.69, 9.17) is 62.7 Å². The second kappa shape index (κ2) is 10.1. The molecule has 194 valence electrons. The molecule has 3 aromatic carbocycles. The number of halogens is 5. The molecular formula is C26H15Cl5N2O5. The van der Waals surface area contributed by atoms with Crippen LogP contribution in [0.4, 0.5) is 11.4 Å². The molecule has 2 aliphatic heterocycles. The molecule has 0 N–H and O–H groups in total. The average molecular weight is 613 g/mol. The minimum atomic E-state index is -0.713. The summed E-state index contributed by atoms with van der Waals surface area (Å²) in [6, 6.07) is 11.2. The first-order valence-corrected chi connectivity index (χ1v) is 13.0. The number of amides is 3. The van der Waals surface area contributed by atoms with Crippen LogP contribution in [-0.4, -0.2) is 30.2 Å². The van der Waals surface area contributed by atoms with E-state index in [1.54, 1.807) is 31.2 Å². The largest absolute Gasteiger partial charge is 0.426 e. The van der Waals surface area contributed by atoms with Gasteiger partial charge in [-0.3, -0.25) is 19.2 Å². The van der Waals surface area contributed by atoms with Crippen LogP contribution in [0.15, 0.2) is 42.5 Å². The fraction of sp³-hybridized carbons (Fsp3) is 0.154. The molecule has 0 bridgehead atoms. The van der Waals surface area contributed by atoms with Crippen LogP contribution in [0.3, 0.4) is 0 Å². The molecule has 2 aliphatic rings. The number of hydrogen-bond acceptors (Lipinski definition) is 5. The van der Waals surface area contributed by atoms with Crippen molar-refractivity contribution in [2.75, 3.05) is 16.3 Å². The number of rotatable bonds is 4. The van der Waals surface area contributed by atoms with E-state index in [-0.39, 0.29) is 61.5 Å². The van der Waals surface area contributed by atoms with Gasteiger partial charge in [0.25, 0.3) is 11.8 Å². The first kappa shape index (κ1) is 26.8. The van der Waals surface area contributed by atoms with Gasteiger partial charge < -0.3 is 9.64 Å². The summed E-state index contributed by atoms with van der Waals surface area (Å²) in [6.45, 7) is 1.80. The number of anilines is 2. The van der Waals surface area contributed by atoms with Gasteiger partial charge in [0.15, 0.2) is 0 Å². The standard InChI is InChI=1S/C26H15Cl5N2O5/c1-11-8-15(38-26(37)12-9-17(34)32(10-12)14-4-2-13(27)3-5-14)6-7-16(11)33-24(35)18-19(25(33)36)21(29)23(31)22(30)20(18)28/h2-8,12H,9-10H2,1H3/t12-/m0/s1. The number of aryl methyl sites for hydroxylation is 1. The molecule has 0 aromatic heterocycles. The third kappa shape index (κ3) is 4.42. The van der Waals surface area contributed by atoms with Crippen LogP contribution in [0.1, 0.15) is 32.7 Å². The number of benzene rings is 3. The smallest absolute Gasteiger partial charge is 0.316 e. The Balaban J connectivity index is 1.35. The van der Waals surface area contributed by atoms with Crippen LogP contribution in [0.5, 0.6) is 5.75 Å². The van der Waals surface area contributed by atoms with Crippen molar-refractivity contribution < 1.29 is 23.9 Å². The molecule has 38 heavy (non-hydrogen) atoms. The fourth-order valence-corrected chi connectivity index (χ4v) is 5.59. The van der Waals surface area contributed by atoms with Gasteiger partial charge in [-0.15, -0.1) is 0 Å². The summed E-state index contributed by atoms with van der Waals surface area (Å²) in [5.74, 6) is -2.69. The monoisotopic (exact) mass is 610 g/mol. The molecule has 3 amide bonds. The lowest BCUT2D eigenvalue weighted by atomic mass is 10.1. The van der Waals surface area contributed by atoms with Gasteiger partial charge in [-0.2, -0.15) is 0 Å².